The Labute approximate surface area is 103 Å². The molecule has 1 aliphatic heterocycles. The molecule has 0 saturated carbocycles. The van der Waals surface area contributed by atoms with E-state index < -0.39 is 0 Å². The van der Waals surface area contributed by atoms with E-state index in [0.29, 0.717) is 30.3 Å². The van der Waals surface area contributed by atoms with Crippen molar-refractivity contribution >= 4 is 5.91 Å². The van der Waals surface area contributed by atoms with Crippen LogP contribution in [0.15, 0.2) is 28.9 Å². The van der Waals surface area contributed by atoms with E-state index in [1.807, 2.05) is 18.2 Å². The first kappa shape index (κ1) is 10.9. The lowest BCUT2D eigenvalue weighted by atomic mass is 10.1. The van der Waals surface area contributed by atoms with Crippen LogP contribution in [0.25, 0.3) is 11.5 Å². The summed E-state index contributed by atoms with van der Waals surface area (Å²) in [5.74, 6) is 1.10. The maximum absolute atomic E-state index is 11.1. The van der Waals surface area contributed by atoms with E-state index in [2.05, 4.69) is 20.4 Å². The summed E-state index contributed by atoms with van der Waals surface area (Å²) in [6, 6.07) is 5.63. The number of carbonyl (C=O) groups is 1. The quantitative estimate of drug-likeness (QED) is 0.869. The topological polar surface area (TPSA) is 80.9 Å². The molecular formula is C12H12N4O2. The van der Waals surface area contributed by atoms with Crippen molar-refractivity contribution in [3.63, 3.8) is 0 Å². The fraction of sp³-hybridized carbons (Fsp3) is 0.333. The van der Waals surface area contributed by atoms with Crippen molar-refractivity contribution < 1.29 is 9.32 Å². The molecule has 18 heavy (non-hydrogen) atoms. The largest absolute Gasteiger partial charge is 0.353 e. The van der Waals surface area contributed by atoms with E-state index >= 15 is 0 Å². The van der Waals surface area contributed by atoms with Gasteiger partial charge in [-0.15, -0.1) is 0 Å². The van der Waals surface area contributed by atoms with Crippen molar-refractivity contribution in [2.75, 3.05) is 0 Å². The Balaban J connectivity index is 1.72. The summed E-state index contributed by atoms with van der Waals surface area (Å²) in [5, 5.41) is 6.76. The number of hydrogen-bond acceptors (Lipinski definition) is 5. The molecule has 6 nitrogen and oxygen atoms in total. The third-order valence-electron chi connectivity index (χ3n) is 2.87. The van der Waals surface area contributed by atoms with Crippen molar-refractivity contribution in [2.24, 2.45) is 0 Å². The van der Waals surface area contributed by atoms with Gasteiger partial charge in [-0.25, -0.2) is 0 Å². The zero-order chi connectivity index (χ0) is 12.4. The molecule has 3 heterocycles. The third-order valence-corrected chi connectivity index (χ3v) is 2.87. The van der Waals surface area contributed by atoms with E-state index in [9.17, 15) is 4.79 Å². The molecule has 1 fully saturated rings. The molecule has 0 radical (unpaired) electrons. The van der Waals surface area contributed by atoms with Crippen LogP contribution in [0, 0.1) is 0 Å². The Kier molecular flexibility index (Phi) is 2.76. The molecule has 1 unspecified atom stereocenters. The number of nitrogens with zero attached hydrogens (tertiary/aromatic N) is 3. The molecule has 92 valence electrons. The maximum Gasteiger partial charge on any atom is 0.229 e. The first-order valence-electron chi connectivity index (χ1n) is 5.84. The van der Waals surface area contributed by atoms with Gasteiger partial charge in [0.1, 0.15) is 5.69 Å². The molecule has 1 atom stereocenters. The SMILES string of the molecule is O=C1CCC(Cc2nc(-c3ccccn3)no2)N1. The fourth-order valence-electron chi connectivity index (χ4n) is 1.98. The van der Waals surface area contributed by atoms with Crippen molar-refractivity contribution in [3.05, 3.63) is 30.3 Å². The molecule has 1 aliphatic rings. The number of nitrogens with one attached hydrogen (secondary N) is 1. The van der Waals surface area contributed by atoms with Crippen LogP contribution >= 0.6 is 0 Å². The lowest BCUT2D eigenvalue weighted by Crippen LogP contribution is -2.27. The molecule has 0 aliphatic carbocycles. The molecule has 0 aromatic carbocycles. The molecule has 1 N–H and O–H groups in total. The van der Waals surface area contributed by atoms with Crippen LogP contribution in [0.4, 0.5) is 0 Å². The number of aromatic nitrogens is 3. The number of amides is 1. The second kappa shape index (κ2) is 4.56. The lowest BCUT2D eigenvalue weighted by Gasteiger charge is -2.04. The van der Waals surface area contributed by atoms with Gasteiger partial charge in [-0.05, 0) is 18.6 Å². The molecule has 1 amide bonds. The van der Waals surface area contributed by atoms with Crippen LogP contribution in [0.2, 0.25) is 0 Å². The van der Waals surface area contributed by atoms with Gasteiger partial charge in [0.2, 0.25) is 17.6 Å². The van der Waals surface area contributed by atoms with Crippen LogP contribution in [0.1, 0.15) is 18.7 Å². The molecule has 0 spiro atoms. The highest BCUT2D eigenvalue weighted by molar-refractivity contribution is 5.78. The van der Waals surface area contributed by atoms with E-state index in [1.165, 1.54) is 0 Å². The van der Waals surface area contributed by atoms with E-state index in [4.69, 9.17) is 4.52 Å². The maximum atomic E-state index is 11.1. The number of carbonyl (C=O) groups excluding carboxylic acids is 1. The first-order valence-corrected chi connectivity index (χ1v) is 5.84. The Morgan fingerprint density at radius 1 is 1.44 bits per heavy atom. The minimum Gasteiger partial charge on any atom is -0.353 e. The zero-order valence-corrected chi connectivity index (χ0v) is 9.67. The van der Waals surface area contributed by atoms with Crippen molar-refractivity contribution in [3.8, 4) is 11.5 Å². The number of rotatable bonds is 3. The number of hydrogen-bond donors (Lipinski definition) is 1. The standard InChI is InChI=1S/C12H12N4O2/c17-10-5-4-8(14-10)7-11-15-12(16-18-11)9-3-1-2-6-13-9/h1-3,6,8H,4-5,7H2,(H,14,17). The highest BCUT2D eigenvalue weighted by atomic mass is 16.5. The Morgan fingerprint density at radius 2 is 2.39 bits per heavy atom. The highest BCUT2D eigenvalue weighted by Gasteiger charge is 2.23. The summed E-state index contributed by atoms with van der Waals surface area (Å²) in [6.45, 7) is 0. The first-order chi connectivity index (χ1) is 8.81. The van der Waals surface area contributed by atoms with E-state index in [1.54, 1.807) is 6.20 Å². The predicted molar refractivity (Wildman–Crippen MR) is 62.4 cm³/mol. The summed E-state index contributed by atoms with van der Waals surface area (Å²) < 4.78 is 5.16. The smallest absolute Gasteiger partial charge is 0.229 e. The van der Waals surface area contributed by atoms with Crippen LogP contribution in [-0.2, 0) is 11.2 Å². The molecule has 3 rings (SSSR count). The van der Waals surface area contributed by atoms with Gasteiger partial charge < -0.3 is 9.84 Å². The van der Waals surface area contributed by atoms with Crippen molar-refractivity contribution in [1.29, 1.82) is 0 Å². The average molecular weight is 244 g/mol. The second-order valence-corrected chi connectivity index (χ2v) is 4.23. The van der Waals surface area contributed by atoms with Gasteiger partial charge in [-0.2, -0.15) is 4.98 Å². The van der Waals surface area contributed by atoms with Crippen molar-refractivity contribution in [1.82, 2.24) is 20.4 Å². The molecule has 2 aromatic heterocycles. The van der Waals surface area contributed by atoms with Crippen LogP contribution < -0.4 is 5.32 Å². The van der Waals surface area contributed by atoms with E-state index in [-0.39, 0.29) is 11.9 Å². The van der Waals surface area contributed by atoms with Crippen LogP contribution in [-0.4, -0.2) is 27.1 Å². The normalized spacial score (nSPS) is 18.9. The van der Waals surface area contributed by atoms with Gasteiger partial charge in [0, 0.05) is 25.1 Å². The molecular weight excluding hydrogens is 232 g/mol. The summed E-state index contributed by atoms with van der Waals surface area (Å²) in [4.78, 5) is 19.5. The van der Waals surface area contributed by atoms with Gasteiger partial charge in [0.25, 0.3) is 0 Å². The average Bonchev–Trinajstić information content (AvgIpc) is 3.01. The van der Waals surface area contributed by atoms with Crippen molar-refractivity contribution in [2.45, 2.75) is 25.3 Å². The Bertz CT molecular complexity index is 552. The molecule has 2 aromatic rings. The summed E-state index contributed by atoms with van der Waals surface area (Å²) >= 11 is 0. The van der Waals surface area contributed by atoms with Crippen LogP contribution in [0.3, 0.4) is 0 Å². The summed E-state index contributed by atoms with van der Waals surface area (Å²) in [5.41, 5.74) is 0.683. The number of pyridine rings is 1. The zero-order valence-electron chi connectivity index (χ0n) is 9.67. The minimum absolute atomic E-state index is 0.0875. The molecule has 1 saturated heterocycles. The van der Waals surface area contributed by atoms with Gasteiger partial charge in [-0.1, -0.05) is 11.2 Å². The van der Waals surface area contributed by atoms with Gasteiger partial charge in [-0.3, -0.25) is 9.78 Å². The molecule has 0 bridgehead atoms. The molecule has 6 heteroatoms. The predicted octanol–water partition coefficient (Wildman–Crippen LogP) is 0.953. The third kappa shape index (κ3) is 2.22. The van der Waals surface area contributed by atoms with Gasteiger partial charge in [0.15, 0.2) is 0 Å². The van der Waals surface area contributed by atoms with E-state index in [0.717, 1.165) is 6.42 Å². The Hall–Kier alpha value is -2.24. The summed E-state index contributed by atoms with van der Waals surface area (Å²) in [7, 11) is 0. The van der Waals surface area contributed by atoms with Crippen LogP contribution in [0.5, 0.6) is 0 Å². The second-order valence-electron chi connectivity index (χ2n) is 4.23. The minimum atomic E-state index is 0.0875. The van der Waals surface area contributed by atoms with Gasteiger partial charge in [0.05, 0.1) is 0 Å². The summed E-state index contributed by atoms with van der Waals surface area (Å²) in [6.07, 6.45) is 3.65. The Morgan fingerprint density at radius 3 is 3.11 bits per heavy atom. The highest BCUT2D eigenvalue weighted by Crippen LogP contribution is 2.15. The lowest BCUT2D eigenvalue weighted by molar-refractivity contribution is -0.119. The fourth-order valence-corrected chi connectivity index (χ4v) is 1.98. The van der Waals surface area contributed by atoms with Gasteiger partial charge >= 0.3 is 0 Å². The monoisotopic (exact) mass is 244 g/mol.